The minimum Gasteiger partial charge on any atom is -0.463 e. The molecule has 0 aromatic heterocycles. The van der Waals surface area contributed by atoms with Crippen LogP contribution in [-0.4, -0.2) is 73.5 Å². The SMILES string of the molecule is CC(=O)OCC1OC(OCCN=[N+]=[N-])[C@H](OC(C)=O)C(O)[C@@H]1OC(C)=O. The van der Waals surface area contributed by atoms with Crippen LogP contribution in [0.3, 0.4) is 0 Å². The summed E-state index contributed by atoms with van der Waals surface area (Å²) in [6, 6.07) is 0. The van der Waals surface area contributed by atoms with E-state index in [0.717, 1.165) is 13.8 Å². The molecule has 1 saturated heterocycles. The summed E-state index contributed by atoms with van der Waals surface area (Å²) in [5.41, 5.74) is 8.26. The average molecular weight is 375 g/mol. The molecule has 12 nitrogen and oxygen atoms in total. The molecule has 0 amide bonds. The van der Waals surface area contributed by atoms with Crippen molar-refractivity contribution in [2.24, 2.45) is 5.11 Å². The Morgan fingerprint density at radius 1 is 1.12 bits per heavy atom. The van der Waals surface area contributed by atoms with Crippen LogP contribution in [0.5, 0.6) is 0 Å². The number of hydrogen-bond acceptors (Lipinski definition) is 10. The zero-order valence-electron chi connectivity index (χ0n) is 14.6. The number of esters is 3. The summed E-state index contributed by atoms with van der Waals surface area (Å²) in [5, 5.41) is 13.8. The van der Waals surface area contributed by atoms with Crippen LogP contribution in [-0.2, 0) is 38.1 Å². The van der Waals surface area contributed by atoms with Gasteiger partial charge in [-0.3, -0.25) is 14.4 Å². The molecule has 0 spiro atoms. The topological polar surface area (TPSA) is 166 Å². The van der Waals surface area contributed by atoms with E-state index in [1.54, 1.807) is 0 Å². The zero-order valence-corrected chi connectivity index (χ0v) is 14.6. The van der Waals surface area contributed by atoms with Crippen LogP contribution >= 0.6 is 0 Å². The number of ether oxygens (including phenoxy) is 5. The minimum atomic E-state index is -1.50. The summed E-state index contributed by atoms with van der Waals surface area (Å²) in [6.07, 6.45) is -6.38. The molecule has 1 heterocycles. The summed E-state index contributed by atoms with van der Waals surface area (Å²) in [4.78, 5) is 36.2. The van der Waals surface area contributed by atoms with E-state index in [2.05, 4.69) is 10.0 Å². The van der Waals surface area contributed by atoms with Crippen molar-refractivity contribution in [3.05, 3.63) is 10.4 Å². The quantitative estimate of drug-likeness (QED) is 0.151. The maximum Gasteiger partial charge on any atom is 0.303 e. The molecule has 1 N–H and O–H groups in total. The highest BCUT2D eigenvalue weighted by atomic mass is 16.7. The van der Waals surface area contributed by atoms with Crippen molar-refractivity contribution in [2.75, 3.05) is 19.8 Å². The Morgan fingerprint density at radius 2 is 1.73 bits per heavy atom. The molecule has 146 valence electrons. The lowest BCUT2D eigenvalue weighted by Crippen LogP contribution is -2.61. The van der Waals surface area contributed by atoms with E-state index in [0.29, 0.717) is 0 Å². The summed E-state index contributed by atoms with van der Waals surface area (Å²) < 4.78 is 25.8. The van der Waals surface area contributed by atoms with Gasteiger partial charge in [0.2, 0.25) is 0 Å². The molecule has 0 aliphatic carbocycles. The van der Waals surface area contributed by atoms with Crippen molar-refractivity contribution in [3.63, 3.8) is 0 Å². The van der Waals surface area contributed by atoms with E-state index >= 15 is 0 Å². The van der Waals surface area contributed by atoms with Gasteiger partial charge in [0.25, 0.3) is 0 Å². The molecule has 0 bridgehead atoms. The molecule has 1 aliphatic heterocycles. The van der Waals surface area contributed by atoms with Gasteiger partial charge in [-0.1, -0.05) is 5.11 Å². The molecule has 3 unspecified atom stereocenters. The van der Waals surface area contributed by atoms with Crippen molar-refractivity contribution in [3.8, 4) is 0 Å². The standard InChI is InChI=1S/C14H21N3O9/c1-7(18)23-6-10-12(24-8(2)19)11(21)13(25-9(3)20)14(26-10)22-5-4-16-17-15/h10-14,21H,4-6H2,1-3H3/t10?,11?,12-,13-,14?/m1/s1. The highest BCUT2D eigenvalue weighted by molar-refractivity contribution is 5.67. The molecular formula is C14H21N3O9. The van der Waals surface area contributed by atoms with Gasteiger partial charge in [-0.05, 0) is 5.53 Å². The average Bonchev–Trinajstić information content (AvgIpc) is 2.54. The normalized spacial score (nSPS) is 27.8. The molecular weight excluding hydrogens is 354 g/mol. The van der Waals surface area contributed by atoms with Gasteiger partial charge in [-0.2, -0.15) is 0 Å². The Morgan fingerprint density at radius 3 is 2.27 bits per heavy atom. The van der Waals surface area contributed by atoms with Crippen molar-refractivity contribution < 1.29 is 43.2 Å². The fourth-order valence-corrected chi connectivity index (χ4v) is 2.27. The third-order valence-electron chi connectivity index (χ3n) is 3.21. The van der Waals surface area contributed by atoms with Gasteiger partial charge >= 0.3 is 17.9 Å². The summed E-state index contributed by atoms with van der Waals surface area (Å²) in [5.74, 6) is -2.04. The number of nitrogens with zero attached hydrogens (tertiary/aromatic N) is 3. The Balaban J connectivity index is 2.97. The Bertz CT molecular complexity index is 562. The highest BCUT2D eigenvalue weighted by Gasteiger charge is 2.49. The number of rotatable bonds is 8. The molecule has 0 aromatic carbocycles. The third kappa shape index (κ3) is 6.84. The van der Waals surface area contributed by atoms with E-state index in [4.69, 9.17) is 29.2 Å². The van der Waals surface area contributed by atoms with Crippen molar-refractivity contribution in [1.82, 2.24) is 0 Å². The maximum atomic E-state index is 11.3. The van der Waals surface area contributed by atoms with Crippen LogP contribution in [0.1, 0.15) is 20.8 Å². The summed E-state index contributed by atoms with van der Waals surface area (Å²) >= 11 is 0. The maximum absolute atomic E-state index is 11.3. The monoisotopic (exact) mass is 375 g/mol. The van der Waals surface area contributed by atoms with Crippen LogP contribution in [0.4, 0.5) is 0 Å². The first-order valence-corrected chi connectivity index (χ1v) is 7.70. The Hall–Kier alpha value is -2.40. The van der Waals surface area contributed by atoms with Gasteiger partial charge in [0.05, 0.1) is 6.61 Å². The first-order chi connectivity index (χ1) is 12.3. The van der Waals surface area contributed by atoms with Gasteiger partial charge in [0.1, 0.15) is 18.8 Å². The molecule has 5 atom stereocenters. The fraction of sp³-hybridized carbons (Fsp3) is 0.786. The molecule has 1 rings (SSSR count). The van der Waals surface area contributed by atoms with Crippen molar-refractivity contribution in [2.45, 2.75) is 51.5 Å². The van der Waals surface area contributed by atoms with Gasteiger partial charge < -0.3 is 28.8 Å². The fourth-order valence-electron chi connectivity index (χ4n) is 2.27. The van der Waals surface area contributed by atoms with Gasteiger partial charge in [0, 0.05) is 32.2 Å². The van der Waals surface area contributed by atoms with Crippen molar-refractivity contribution >= 4 is 17.9 Å². The van der Waals surface area contributed by atoms with Crippen LogP contribution in [0.15, 0.2) is 5.11 Å². The van der Waals surface area contributed by atoms with E-state index in [-0.39, 0.29) is 19.8 Å². The smallest absolute Gasteiger partial charge is 0.303 e. The van der Waals surface area contributed by atoms with E-state index in [1.807, 2.05) is 0 Å². The van der Waals surface area contributed by atoms with E-state index in [9.17, 15) is 19.5 Å². The zero-order chi connectivity index (χ0) is 19.7. The van der Waals surface area contributed by atoms with Gasteiger partial charge in [0.15, 0.2) is 18.5 Å². The first kappa shape index (κ1) is 21.6. The van der Waals surface area contributed by atoms with Gasteiger partial charge in [-0.15, -0.1) is 0 Å². The second-order valence-corrected chi connectivity index (χ2v) is 5.31. The number of carbonyl (C=O) groups excluding carboxylic acids is 3. The summed E-state index contributed by atoms with van der Waals surface area (Å²) in [7, 11) is 0. The summed E-state index contributed by atoms with van der Waals surface area (Å²) in [6.45, 7) is 2.98. The lowest BCUT2D eigenvalue weighted by molar-refractivity contribution is -0.305. The number of azide groups is 1. The molecule has 1 fully saturated rings. The van der Waals surface area contributed by atoms with Crippen LogP contribution in [0.2, 0.25) is 0 Å². The Labute approximate surface area is 148 Å². The van der Waals surface area contributed by atoms with E-state index in [1.165, 1.54) is 6.92 Å². The minimum absolute atomic E-state index is 0.0266. The lowest BCUT2D eigenvalue weighted by Gasteiger charge is -2.42. The number of carbonyl (C=O) groups is 3. The molecule has 0 radical (unpaired) electrons. The largest absolute Gasteiger partial charge is 0.463 e. The van der Waals surface area contributed by atoms with Crippen molar-refractivity contribution in [1.29, 1.82) is 0 Å². The molecule has 12 heteroatoms. The number of aliphatic hydroxyl groups excluding tert-OH is 1. The first-order valence-electron chi connectivity index (χ1n) is 7.70. The van der Waals surface area contributed by atoms with Crippen LogP contribution in [0.25, 0.3) is 10.4 Å². The highest BCUT2D eigenvalue weighted by Crippen LogP contribution is 2.27. The predicted molar refractivity (Wildman–Crippen MR) is 82.4 cm³/mol. The molecule has 26 heavy (non-hydrogen) atoms. The second-order valence-electron chi connectivity index (χ2n) is 5.31. The predicted octanol–water partition coefficient (Wildman–Crippen LogP) is -0.174. The lowest BCUT2D eigenvalue weighted by atomic mass is 9.98. The number of aliphatic hydroxyl groups is 1. The van der Waals surface area contributed by atoms with E-state index < -0.39 is 48.6 Å². The van der Waals surface area contributed by atoms with Crippen LogP contribution < -0.4 is 0 Å². The molecule has 1 aliphatic rings. The van der Waals surface area contributed by atoms with Crippen LogP contribution in [0, 0.1) is 0 Å². The molecule has 0 aromatic rings. The Kier molecular flexibility index (Phi) is 8.79. The number of hydrogen-bond donors (Lipinski definition) is 1. The molecule has 0 saturated carbocycles. The third-order valence-corrected chi connectivity index (χ3v) is 3.21. The van der Waals surface area contributed by atoms with Gasteiger partial charge in [-0.25, -0.2) is 0 Å². The second kappa shape index (κ2) is 10.6.